The van der Waals surface area contributed by atoms with Crippen molar-refractivity contribution in [2.24, 2.45) is 5.41 Å². The molecule has 0 heterocycles. The molecule has 2 heteroatoms. The van der Waals surface area contributed by atoms with Crippen LogP contribution in [0.25, 0.3) is 0 Å². The van der Waals surface area contributed by atoms with Crippen molar-refractivity contribution in [1.29, 1.82) is 0 Å². The number of nitrogens with one attached hydrogen (secondary N) is 1. The number of rotatable bonds is 3. The van der Waals surface area contributed by atoms with Gasteiger partial charge in [0.15, 0.2) is 0 Å². The molecule has 1 aromatic carbocycles. The summed E-state index contributed by atoms with van der Waals surface area (Å²) >= 11 is 3.65. The fourth-order valence-corrected chi connectivity index (χ4v) is 3.56. The van der Waals surface area contributed by atoms with E-state index in [0.29, 0.717) is 11.5 Å². The van der Waals surface area contributed by atoms with Crippen molar-refractivity contribution in [3.8, 4) is 0 Å². The summed E-state index contributed by atoms with van der Waals surface area (Å²) in [7, 11) is 0. The van der Waals surface area contributed by atoms with Crippen molar-refractivity contribution in [2.75, 3.05) is 0 Å². The van der Waals surface area contributed by atoms with Gasteiger partial charge in [-0.2, -0.15) is 0 Å². The van der Waals surface area contributed by atoms with Gasteiger partial charge < -0.3 is 5.32 Å². The molecule has 0 bridgehead atoms. The molecule has 0 saturated heterocycles. The topological polar surface area (TPSA) is 12.0 Å². The van der Waals surface area contributed by atoms with Gasteiger partial charge in [-0.3, -0.25) is 0 Å². The van der Waals surface area contributed by atoms with Crippen molar-refractivity contribution in [3.05, 3.63) is 33.8 Å². The third-order valence-electron chi connectivity index (χ3n) is 3.99. The second kappa shape index (κ2) is 5.75. The summed E-state index contributed by atoms with van der Waals surface area (Å²) in [4.78, 5) is 0. The summed E-state index contributed by atoms with van der Waals surface area (Å²) in [5.41, 5.74) is 3.19. The molecule has 0 spiro atoms. The fourth-order valence-electron chi connectivity index (χ4n) is 2.92. The number of hydrogen-bond acceptors (Lipinski definition) is 1. The zero-order valence-corrected chi connectivity index (χ0v) is 13.3. The monoisotopic (exact) mass is 309 g/mol. The van der Waals surface area contributed by atoms with Crippen LogP contribution in [-0.2, 0) is 6.54 Å². The molecule has 1 nitrogen and oxygen atoms in total. The molecule has 18 heavy (non-hydrogen) atoms. The van der Waals surface area contributed by atoms with Crippen LogP contribution < -0.4 is 5.32 Å². The fraction of sp³-hybridized carbons (Fsp3) is 0.625. The lowest BCUT2D eigenvalue weighted by atomic mass is 9.75. The minimum atomic E-state index is 0.514. The molecule has 0 aromatic heterocycles. The maximum Gasteiger partial charge on any atom is 0.0222 e. The minimum Gasteiger partial charge on any atom is -0.310 e. The summed E-state index contributed by atoms with van der Waals surface area (Å²) in [5, 5.41) is 3.72. The summed E-state index contributed by atoms with van der Waals surface area (Å²) in [6.07, 6.45) is 5.36. The first-order valence-electron chi connectivity index (χ1n) is 6.95. The Bertz CT molecular complexity index is 412. The van der Waals surface area contributed by atoms with E-state index in [0.717, 1.165) is 6.54 Å². The predicted octanol–water partition coefficient (Wildman–Crippen LogP) is 4.82. The Labute approximate surface area is 119 Å². The second-order valence-electron chi connectivity index (χ2n) is 6.43. The van der Waals surface area contributed by atoms with E-state index >= 15 is 0 Å². The lowest BCUT2D eigenvalue weighted by molar-refractivity contribution is 0.197. The van der Waals surface area contributed by atoms with Crippen molar-refractivity contribution in [1.82, 2.24) is 5.32 Å². The van der Waals surface area contributed by atoms with Crippen molar-refractivity contribution < 1.29 is 0 Å². The normalized spacial score (nSPS) is 23.0. The predicted molar refractivity (Wildman–Crippen MR) is 81.8 cm³/mol. The molecule has 0 radical (unpaired) electrons. The van der Waals surface area contributed by atoms with Crippen LogP contribution in [0.15, 0.2) is 22.7 Å². The Hall–Kier alpha value is -0.340. The molecular formula is C16H24BrN. The first-order valence-corrected chi connectivity index (χ1v) is 7.74. The van der Waals surface area contributed by atoms with Crippen LogP contribution in [0.1, 0.15) is 50.7 Å². The first kappa shape index (κ1) is 14.1. The van der Waals surface area contributed by atoms with Gasteiger partial charge >= 0.3 is 0 Å². The molecule has 0 amide bonds. The van der Waals surface area contributed by atoms with Crippen LogP contribution >= 0.6 is 15.9 Å². The SMILES string of the molecule is Cc1ccc(CNC2CCCC(C)(C)C2)c(Br)c1. The van der Waals surface area contributed by atoms with E-state index in [1.165, 1.54) is 41.3 Å². The Kier molecular flexibility index (Phi) is 4.50. The average molecular weight is 310 g/mol. The van der Waals surface area contributed by atoms with Gasteiger partial charge in [0.05, 0.1) is 0 Å². The molecule has 1 N–H and O–H groups in total. The maximum atomic E-state index is 3.72. The van der Waals surface area contributed by atoms with Crippen molar-refractivity contribution >= 4 is 15.9 Å². The molecule has 1 fully saturated rings. The van der Waals surface area contributed by atoms with Crippen LogP contribution in [0.2, 0.25) is 0 Å². The van der Waals surface area contributed by atoms with E-state index in [1.54, 1.807) is 0 Å². The second-order valence-corrected chi connectivity index (χ2v) is 7.29. The zero-order valence-electron chi connectivity index (χ0n) is 11.7. The van der Waals surface area contributed by atoms with Crippen LogP contribution in [0.5, 0.6) is 0 Å². The standard InChI is InChI=1S/C16H24BrN/c1-12-6-7-13(15(17)9-12)11-18-14-5-4-8-16(2,3)10-14/h6-7,9,14,18H,4-5,8,10-11H2,1-3H3. The molecule has 1 saturated carbocycles. The molecular weight excluding hydrogens is 286 g/mol. The van der Waals surface area contributed by atoms with E-state index in [9.17, 15) is 0 Å². The van der Waals surface area contributed by atoms with Gasteiger partial charge in [-0.05, 0) is 48.8 Å². The lowest BCUT2D eigenvalue weighted by Gasteiger charge is -2.35. The van der Waals surface area contributed by atoms with Crippen molar-refractivity contribution in [2.45, 2.75) is 59.0 Å². The average Bonchev–Trinajstić information content (AvgIpc) is 2.26. The highest BCUT2D eigenvalue weighted by Gasteiger charge is 2.27. The Balaban J connectivity index is 1.91. The van der Waals surface area contributed by atoms with Gasteiger partial charge in [0.1, 0.15) is 0 Å². The smallest absolute Gasteiger partial charge is 0.0222 e. The molecule has 100 valence electrons. The third-order valence-corrected chi connectivity index (χ3v) is 4.73. The van der Waals surface area contributed by atoms with Gasteiger partial charge in [0.25, 0.3) is 0 Å². The van der Waals surface area contributed by atoms with Gasteiger partial charge in [-0.15, -0.1) is 0 Å². The summed E-state index contributed by atoms with van der Waals surface area (Å²) < 4.78 is 1.23. The minimum absolute atomic E-state index is 0.514. The summed E-state index contributed by atoms with van der Waals surface area (Å²) in [6.45, 7) is 7.89. The molecule has 1 unspecified atom stereocenters. The highest BCUT2D eigenvalue weighted by molar-refractivity contribution is 9.10. The molecule has 0 aliphatic heterocycles. The van der Waals surface area contributed by atoms with E-state index in [4.69, 9.17) is 0 Å². The third kappa shape index (κ3) is 3.83. The molecule has 1 aliphatic carbocycles. The van der Waals surface area contributed by atoms with E-state index in [2.05, 4.69) is 60.2 Å². The van der Waals surface area contributed by atoms with Crippen LogP contribution in [0.4, 0.5) is 0 Å². The first-order chi connectivity index (χ1) is 8.46. The summed E-state index contributed by atoms with van der Waals surface area (Å²) in [6, 6.07) is 7.29. The van der Waals surface area contributed by atoms with Crippen molar-refractivity contribution in [3.63, 3.8) is 0 Å². The molecule has 1 atom stereocenters. The lowest BCUT2D eigenvalue weighted by Crippen LogP contribution is -2.36. The van der Waals surface area contributed by atoms with Gasteiger partial charge in [-0.25, -0.2) is 0 Å². The van der Waals surface area contributed by atoms with E-state index < -0.39 is 0 Å². The van der Waals surface area contributed by atoms with Gasteiger partial charge in [0, 0.05) is 17.1 Å². The highest BCUT2D eigenvalue weighted by atomic mass is 79.9. The van der Waals surface area contributed by atoms with Gasteiger partial charge in [-0.1, -0.05) is 48.3 Å². The summed E-state index contributed by atoms with van der Waals surface area (Å²) in [5.74, 6) is 0. The quantitative estimate of drug-likeness (QED) is 0.844. The highest BCUT2D eigenvalue weighted by Crippen LogP contribution is 2.35. The number of hydrogen-bond donors (Lipinski definition) is 1. The Morgan fingerprint density at radius 3 is 2.83 bits per heavy atom. The van der Waals surface area contributed by atoms with Crippen LogP contribution in [0.3, 0.4) is 0 Å². The largest absolute Gasteiger partial charge is 0.310 e. The van der Waals surface area contributed by atoms with Crippen LogP contribution in [-0.4, -0.2) is 6.04 Å². The number of halogens is 1. The Morgan fingerprint density at radius 1 is 1.39 bits per heavy atom. The van der Waals surface area contributed by atoms with Gasteiger partial charge in [0.2, 0.25) is 0 Å². The number of benzene rings is 1. The zero-order chi connectivity index (χ0) is 13.2. The maximum absolute atomic E-state index is 3.72. The Morgan fingerprint density at radius 2 is 2.17 bits per heavy atom. The number of aryl methyl sites for hydroxylation is 1. The molecule has 2 rings (SSSR count). The van der Waals surface area contributed by atoms with Crippen LogP contribution in [0, 0.1) is 12.3 Å². The van der Waals surface area contributed by atoms with E-state index in [1.807, 2.05) is 0 Å². The van der Waals surface area contributed by atoms with E-state index in [-0.39, 0.29) is 0 Å². The molecule has 1 aliphatic rings. The molecule has 1 aromatic rings.